The number of nitrogens with zero attached hydrogens (tertiary/aromatic N) is 3. The van der Waals surface area contributed by atoms with Crippen LogP contribution in [0.1, 0.15) is 58.9 Å². The largest absolute Gasteiger partial charge is 0.360 e. The van der Waals surface area contributed by atoms with Crippen LogP contribution in [0.25, 0.3) is 0 Å². The maximum absolute atomic E-state index is 4.33. The Hall–Kier alpha value is -0.680. The van der Waals surface area contributed by atoms with Crippen LogP contribution < -0.4 is 5.32 Å². The van der Waals surface area contributed by atoms with E-state index < -0.39 is 0 Å². The zero-order chi connectivity index (χ0) is 15.7. The van der Waals surface area contributed by atoms with Gasteiger partial charge in [-0.25, -0.2) is 0 Å². The van der Waals surface area contributed by atoms with Gasteiger partial charge in [0.05, 0.1) is 6.54 Å². The second-order valence-electron chi connectivity index (χ2n) is 6.57. The first-order valence-electron chi connectivity index (χ1n) is 8.29. The molecule has 0 atom stereocenters. The summed E-state index contributed by atoms with van der Waals surface area (Å²) >= 11 is 1.69. The van der Waals surface area contributed by atoms with Gasteiger partial charge in [0.15, 0.2) is 0 Å². The third-order valence-corrected chi connectivity index (χ3v) is 4.26. The Balaban J connectivity index is 2.50. The van der Waals surface area contributed by atoms with Gasteiger partial charge in [-0.3, -0.25) is 4.90 Å². The zero-order valence-corrected chi connectivity index (χ0v) is 15.2. The van der Waals surface area contributed by atoms with Crippen molar-refractivity contribution in [2.75, 3.05) is 25.0 Å². The molecule has 0 aliphatic heterocycles. The normalized spacial score (nSPS) is 11.8. The molecule has 0 fully saturated rings. The molecule has 0 bridgehead atoms. The summed E-state index contributed by atoms with van der Waals surface area (Å²) in [5.74, 6) is 1.51. The average Bonchev–Trinajstić information content (AvgIpc) is 2.86. The molecule has 0 spiro atoms. The molecule has 21 heavy (non-hydrogen) atoms. The van der Waals surface area contributed by atoms with Crippen LogP contribution in [-0.4, -0.2) is 34.7 Å². The molecule has 0 saturated carbocycles. The zero-order valence-electron chi connectivity index (χ0n) is 14.4. The van der Waals surface area contributed by atoms with Gasteiger partial charge in [-0.15, -0.1) is 10.2 Å². The highest BCUT2D eigenvalue weighted by molar-refractivity contribution is 7.15. The van der Waals surface area contributed by atoms with Gasteiger partial charge in [-0.2, -0.15) is 0 Å². The van der Waals surface area contributed by atoms with Crippen LogP contribution in [0.2, 0.25) is 0 Å². The van der Waals surface area contributed by atoms with Gasteiger partial charge in [0.25, 0.3) is 0 Å². The molecule has 122 valence electrons. The summed E-state index contributed by atoms with van der Waals surface area (Å²) in [6.45, 7) is 15.5. The molecule has 0 aliphatic carbocycles. The highest BCUT2D eigenvalue weighted by atomic mass is 32.1. The second-order valence-corrected chi connectivity index (χ2v) is 7.63. The van der Waals surface area contributed by atoms with Crippen molar-refractivity contribution in [3.8, 4) is 0 Å². The standard InChI is InChI=1S/C16H32N4S/c1-6-9-17-16-19-18-15(21-16)12-20(10-7-13(2)3)11-8-14(4)5/h13-14H,6-12H2,1-5H3,(H,17,19). The Morgan fingerprint density at radius 2 is 1.67 bits per heavy atom. The van der Waals surface area contributed by atoms with Crippen LogP contribution in [0.3, 0.4) is 0 Å². The lowest BCUT2D eigenvalue weighted by molar-refractivity contribution is 0.235. The summed E-state index contributed by atoms with van der Waals surface area (Å²) in [5.41, 5.74) is 0. The van der Waals surface area contributed by atoms with Gasteiger partial charge in [0.2, 0.25) is 5.13 Å². The highest BCUT2D eigenvalue weighted by Crippen LogP contribution is 2.18. The second kappa shape index (κ2) is 10.1. The smallest absolute Gasteiger partial charge is 0.205 e. The topological polar surface area (TPSA) is 41.1 Å². The lowest BCUT2D eigenvalue weighted by Crippen LogP contribution is -2.27. The van der Waals surface area contributed by atoms with Gasteiger partial charge in [-0.1, -0.05) is 46.0 Å². The molecule has 0 aromatic carbocycles. The molecule has 0 amide bonds. The highest BCUT2D eigenvalue weighted by Gasteiger charge is 2.11. The van der Waals surface area contributed by atoms with E-state index in [9.17, 15) is 0 Å². The number of rotatable bonds is 11. The molecular weight excluding hydrogens is 280 g/mol. The van der Waals surface area contributed by atoms with Gasteiger partial charge >= 0.3 is 0 Å². The summed E-state index contributed by atoms with van der Waals surface area (Å²) < 4.78 is 0. The van der Waals surface area contributed by atoms with Gasteiger partial charge in [-0.05, 0) is 44.2 Å². The van der Waals surface area contributed by atoms with Crippen molar-refractivity contribution < 1.29 is 0 Å². The van der Waals surface area contributed by atoms with Crippen molar-refractivity contribution >= 4 is 16.5 Å². The van der Waals surface area contributed by atoms with Crippen LogP contribution in [0.5, 0.6) is 0 Å². The number of nitrogens with one attached hydrogen (secondary N) is 1. The van der Waals surface area contributed by atoms with Crippen LogP contribution >= 0.6 is 11.3 Å². The summed E-state index contributed by atoms with van der Waals surface area (Å²) in [6, 6.07) is 0. The summed E-state index contributed by atoms with van der Waals surface area (Å²) in [5, 5.41) is 14.0. The minimum atomic E-state index is 0.753. The van der Waals surface area contributed by atoms with Crippen molar-refractivity contribution in [1.29, 1.82) is 0 Å². The van der Waals surface area contributed by atoms with E-state index in [2.05, 4.69) is 55.0 Å². The quantitative estimate of drug-likeness (QED) is 0.663. The fourth-order valence-corrected chi connectivity index (χ4v) is 2.77. The first-order valence-corrected chi connectivity index (χ1v) is 9.11. The molecule has 0 radical (unpaired) electrons. The summed E-state index contributed by atoms with van der Waals surface area (Å²) in [7, 11) is 0. The van der Waals surface area contributed by atoms with Gasteiger partial charge < -0.3 is 5.32 Å². The molecule has 1 aromatic rings. The van der Waals surface area contributed by atoms with Crippen molar-refractivity contribution in [2.24, 2.45) is 11.8 Å². The predicted octanol–water partition coefficient (Wildman–Crippen LogP) is 4.25. The lowest BCUT2D eigenvalue weighted by Gasteiger charge is -2.22. The van der Waals surface area contributed by atoms with E-state index in [0.29, 0.717) is 0 Å². The van der Waals surface area contributed by atoms with E-state index in [4.69, 9.17) is 0 Å². The summed E-state index contributed by atoms with van der Waals surface area (Å²) in [4.78, 5) is 2.53. The van der Waals surface area contributed by atoms with E-state index in [1.54, 1.807) is 11.3 Å². The molecule has 1 rings (SSSR count). The third-order valence-electron chi connectivity index (χ3n) is 3.40. The number of hydrogen-bond acceptors (Lipinski definition) is 5. The third kappa shape index (κ3) is 8.37. The van der Waals surface area contributed by atoms with Gasteiger partial charge in [0, 0.05) is 6.54 Å². The van der Waals surface area contributed by atoms with E-state index >= 15 is 0 Å². The number of hydrogen-bond donors (Lipinski definition) is 1. The van der Waals surface area contributed by atoms with Crippen LogP contribution in [-0.2, 0) is 6.54 Å². The number of anilines is 1. The first-order chi connectivity index (χ1) is 10.0. The van der Waals surface area contributed by atoms with Crippen molar-refractivity contribution in [3.05, 3.63) is 5.01 Å². The Labute approximate surface area is 134 Å². The van der Waals surface area contributed by atoms with Crippen LogP contribution in [0.15, 0.2) is 0 Å². The van der Waals surface area contributed by atoms with Crippen LogP contribution in [0, 0.1) is 11.8 Å². The van der Waals surface area contributed by atoms with Crippen molar-refractivity contribution in [1.82, 2.24) is 15.1 Å². The Kier molecular flexibility index (Phi) is 8.85. The molecule has 5 heteroatoms. The SMILES string of the molecule is CCCNc1nnc(CN(CCC(C)C)CCC(C)C)s1. The predicted molar refractivity (Wildman–Crippen MR) is 92.9 cm³/mol. The molecule has 0 aliphatic rings. The van der Waals surface area contributed by atoms with E-state index in [1.165, 1.54) is 12.8 Å². The van der Waals surface area contributed by atoms with E-state index in [-0.39, 0.29) is 0 Å². The Morgan fingerprint density at radius 3 is 2.19 bits per heavy atom. The number of aromatic nitrogens is 2. The molecular formula is C16H32N4S. The van der Waals surface area contributed by atoms with E-state index in [1.807, 2.05) is 0 Å². The molecule has 1 aromatic heterocycles. The Morgan fingerprint density at radius 1 is 1.05 bits per heavy atom. The molecule has 0 saturated heterocycles. The van der Waals surface area contributed by atoms with Crippen molar-refractivity contribution in [3.63, 3.8) is 0 Å². The van der Waals surface area contributed by atoms with Gasteiger partial charge in [0.1, 0.15) is 5.01 Å². The monoisotopic (exact) mass is 312 g/mol. The average molecular weight is 313 g/mol. The maximum Gasteiger partial charge on any atom is 0.205 e. The Bertz CT molecular complexity index is 364. The molecule has 1 N–H and O–H groups in total. The molecule has 0 unspecified atom stereocenters. The first kappa shape index (κ1) is 18.4. The van der Waals surface area contributed by atoms with E-state index in [0.717, 1.165) is 54.6 Å². The molecule has 4 nitrogen and oxygen atoms in total. The maximum atomic E-state index is 4.33. The van der Waals surface area contributed by atoms with Crippen molar-refractivity contribution in [2.45, 2.75) is 60.4 Å². The fraction of sp³-hybridized carbons (Fsp3) is 0.875. The minimum absolute atomic E-state index is 0.753. The lowest BCUT2D eigenvalue weighted by atomic mass is 10.1. The minimum Gasteiger partial charge on any atom is -0.360 e. The summed E-state index contributed by atoms with van der Waals surface area (Å²) in [6.07, 6.45) is 3.61. The molecule has 1 heterocycles. The fourth-order valence-electron chi connectivity index (χ4n) is 1.96. The van der Waals surface area contributed by atoms with Crippen LogP contribution in [0.4, 0.5) is 5.13 Å².